The van der Waals surface area contributed by atoms with E-state index in [9.17, 15) is 23.3 Å². The third kappa shape index (κ3) is 8.77. The highest BCUT2D eigenvalue weighted by atomic mass is 32.2. The number of ether oxygens (including phenoxy) is 1. The van der Waals surface area contributed by atoms with Gasteiger partial charge in [0.15, 0.2) is 0 Å². The van der Waals surface area contributed by atoms with E-state index < -0.39 is 42.7 Å². The van der Waals surface area contributed by atoms with E-state index in [1.807, 2.05) is 81.4 Å². The molecule has 4 rings (SSSR count). The second-order valence-corrected chi connectivity index (χ2v) is 14.0. The normalized spacial score (nSPS) is 18.9. The first-order valence-corrected chi connectivity index (χ1v) is 16.3. The molecule has 0 saturated carbocycles. The van der Waals surface area contributed by atoms with Gasteiger partial charge in [-0.05, 0) is 62.8 Å². The highest BCUT2D eigenvalue weighted by Gasteiger charge is 2.38. The van der Waals surface area contributed by atoms with Crippen LogP contribution in [0, 0.1) is 10.1 Å². The fourth-order valence-corrected chi connectivity index (χ4v) is 6.24. The number of allylic oxidation sites excluding steroid dienone is 2. The van der Waals surface area contributed by atoms with E-state index in [0.29, 0.717) is 5.75 Å². The number of hydrogen-bond donors (Lipinski definition) is 2. The molecule has 12 heteroatoms. The van der Waals surface area contributed by atoms with Gasteiger partial charge in [0.25, 0.3) is 21.6 Å². The second-order valence-electron chi connectivity index (χ2n) is 11.2. The maximum Gasteiger partial charge on any atom is 0.293 e. The number of alkyl halides is 1. The van der Waals surface area contributed by atoms with Crippen molar-refractivity contribution in [1.82, 2.24) is 4.72 Å². The van der Waals surface area contributed by atoms with Crippen LogP contribution in [0.2, 0.25) is 0 Å². The number of halogens is 1. The summed E-state index contributed by atoms with van der Waals surface area (Å²) in [5.74, 6) is -1.22. The summed E-state index contributed by atoms with van der Waals surface area (Å²) in [6.45, 7) is 5.91. The maximum absolute atomic E-state index is 15.5. The summed E-state index contributed by atoms with van der Waals surface area (Å²) in [6, 6.07) is 21.7. The van der Waals surface area contributed by atoms with Gasteiger partial charge in [0.1, 0.15) is 5.69 Å². The average molecular weight is 640 g/mol. The molecule has 2 N–H and O–H groups in total. The monoisotopic (exact) mass is 639 g/mol. The van der Waals surface area contributed by atoms with Crippen LogP contribution >= 0.6 is 11.8 Å². The predicted molar refractivity (Wildman–Crippen MR) is 170 cm³/mol. The van der Waals surface area contributed by atoms with Gasteiger partial charge in [-0.25, -0.2) is 17.5 Å². The van der Waals surface area contributed by atoms with Gasteiger partial charge in [-0.2, -0.15) is 0 Å². The summed E-state index contributed by atoms with van der Waals surface area (Å²) >= 11 is 1.54. The highest BCUT2D eigenvalue weighted by Crippen LogP contribution is 2.32. The number of anilines is 1. The van der Waals surface area contributed by atoms with Gasteiger partial charge >= 0.3 is 0 Å². The van der Waals surface area contributed by atoms with E-state index >= 15 is 4.39 Å². The van der Waals surface area contributed by atoms with Crippen LogP contribution in [0.3, 0.4) is 0 Å². The molecule has 0 aliphatic heterocycles. The first-order chi connectivity index (χ1) is 20.8. The Bertz CT molecular complexity index is 1630. The Balaban J connectivity index is 1.50. The van der Waals surface area contributed by atoms with Gasteiger partial charge in [-0.1, -0.05) is 60.7 Å². The highest BCUT2D eigenvalue weighted by molar-refractivity contribution is 7.99. The van der Waals surface area contributed by atoms with Gasteiger partial charge in [-0.3, -0.25) is 14.9 Å². The van der Waals surface area contributed by atoms with Gasteiger partial charge in [-0.15, -0.1) is 11.8 Å². The van der Waals surface area contributed by atoms with Crippen LogP contribution in [0.4, 0.5) is 15.8 Å². The molecule has 3 aromatic carbocycles. The van der Waals surface area contributed by atoms with Crippen LogP contribution in [0.25, 0.3) is 0 Å². The molecule has 1 atom stereocenters. The quantitative estimate of drug-likeness (QED) is 0.101. The maximum atomic E-state index is 15.5. The number of carbonyl (C=O) groups excluding carboxylic acids is 1. The molecule has 232 valence electrons. The molecule has 0 saturated heterocycles. The number of nitro benzene ring substituents is 1. The first-order valence-electron chi connectivity index (χ1n) is 13.8. The molecule has 1 aliphatic carbocycles. The first kappa shape index (κ1) is 32.9. The van der Waals surface area contributed by atoms with E-state index in [4.69, 9.17) is 4.74 Å². The van der Waals surface area contributed by atoms with Crippen molar-refractivity contribution in [2.24, 2.45) is 0 Å². The molecule has 1 aliphatic rings. The summed E-state index contributed by atoms with van der Waals surface area (Å²) in [5, 5.41) is 15.1. The zero-order chi connectivity index (χ0) is 32.0. The van der Waals surface area contributed by atoms with Gasteiger partial charge in [0, 0.05) is 22.6 Å². The topological polar surface area (TPSA) is 128 Å². The number of hydrogen-bond acceptors (Lipinski definition) is 8. The Morgan fingerprint density at radius 3 is 2.25 bits per heavy atom. The minimum absolute atomic E-state index is 0.0727. The summed E-state index contributed by atoms with van der Waals surface area (Å²) in [6.07, 6.45) is 4.95. The molecule has 0 heterocycles. The third-order valence-corrected chi connectivity index (χ3v) is 9.10. The second kappa shape index (κ2) is 13.7. The number of nitrogens with one attached hydrogen (secondary N) is 2. The molecule has 9 nitrogen and oxygen atoms in total. The molecule has 0 bridgehead atoms. The van der Waals surface area contributed by atoms with Crippen molar-refractivity contribution in [2.45, 2.75) is 53.8 Å². The Kier molecular flexibility index (Phi) is 10.3. The molecule has 0 spiro atoms. The van der Waals surface area contributed by atoms with Crippen molar-refractivity contribution < 1.29 is 27.3 Å². The zero-order valence-electron chi connectivity index (χ0n) is 24.5. The van der Waals surface area contributed by atoms with E-state index in [1.54, 1.807) is 4.72 Å². The lowest BCUT2D eigenvalue weighted by molar-refractivity contribution is -0.384. The van der Waals surface area contributed by atoms with E-state index in [1.165, 1.54) is 30.0 Å². The van der Waals surface area contributed by atoms with Crippen molar-refractivity contribution in [3.63, 3.8) is 0 Å². The molecule has 0 fully saturated rings. The number of thioether (sulfide) groups is 1. The number of carbonyl (C=O) groups is 1. The van der Waals surface area contributed by atoms with Gasteiger partial charge in [0.05, 0.1) is 28.1 Å². The Morgan fingerprint density at radius 1 is 1.05 bits per heavy atom. The molecule has 3 aromatic rings. The van der Waals surface area contributed by atoms with Crippen molar-refractivity contribution in [2.75, 3.05) is 17.7 Å². The van der Waals surface area contributed by atoms with Crippen LogP contribution in [0.15, 0.2) is 113 Å². The fourth-order valence-electron chi connectivity index (χ4n) is 4.28. The Hall–Kier alpha value is -4.00. The molecule has 1 unspecified atom stereocenters. The predicted octanol–water partition coefficient (Wildman–Crippen LogP) is 6.41. The minimum atomic E-state index is -4.66. The largest absolute Gasteiger partial charge is 0.374 e. The minimum Gasteiger partial charge on any atom is -0.374 e. The van der Waals surface area contributed by atoms with Crippen molar-refractivity contribution >= 4 is 39.1 Å². The van der Waals surface area contributed by atoms with Crippen molar-refractivity contribution in [3.05, 3.63) is 119 Å². The van der Waals surface area contributed by atoms with Crippen molar-refractivity contribution in [1.29, 1.82) is 0 Å². The number of benzene rings is 3. The summed E-state index contributed by atoms with van der Waals surface area (Å²) in [4.78, 5) is 24.5. The third-order valence-electron chi connectivity index (χ3n) is 6.60. The summed E-state index contributed by atoms with van der Waals surface area (Å²) in [7, 11) is -4.66. The van der Waals surface area contributed by atoms with Crippen LogP contribution < -0.4 is 10.0 Å². The average Bonchev–Trinajstić information content (AvgIpc) is 2.99. The Labute approximate surface area is 260 Å². The SMILES string of the molecule is CC(C)(C)OCC(CSc1ccccc1)Nc1ccc(S(=O)(=O)NC(=O)C2(F)C=CC(c3ccccc3)C=C2)cc1[N+](=O)[O-]. The molecule has 44 heavy (non-hydrogen) atoms. The van der Waals surface area contributed by atoms with Gasteiger partial charge in [0.2, 0.25) is 5.67 Å². The van der Waals surface area contributed by atoms with Crippen LogP contribution in [-0.4, -0.2) is 48.9 Å². The van der Waals surface area contributed by atoms with E-state index in [2.05, 4.69) is 5.32 Å². The van der Waals surface area contributed by atoms with Crippen LogP contribution in [-0.2, 0) is 19.6 Å². The lowest BCUT2D eigenvalue weighted by Gasteiger charge is -2.26. The fraction of sp³-hybridized carbons (Fsp3) is 0.281. The number of amides is 1. The van der Waals surface area contributed by atoms with Crippen LogP contribution in [0.1, 0.15) is 32.3 Å². The number of rotatable bonds is 12. The standard InChI is InChI=1S/C32H34FN3O6S2/c1-31(2,3)42-21-25(22-43-26-12-8-5-9-13-26)34-28-15-14-27(20-29(28)36(38)39)44(40,41)35-30(37)32(33)18-16-24(17-19-32)23-10-6-4-7-11-23/h4-20,24-25,34H,21-22H2,1-3H3,(H,35,37). The van der Waals surface area contributed by atoms with E-state index in [-0.39, 0.29) is 24.3 Å². The van der Waals surface area contributed by atoms with Crippen molar-refractivity contribution in [3.8, 4) is 0 Å². The number of nitro groups is 1. The zero-order valence-corrected chi connectivity index (χ0v) is 26.1. The molecule has 0 aromatic heterocycles. The molecule has 1 amide bonds. The number of nitrogens with zero attached hydrogens (tertiary/aromatic N) is 1. The molecular weight excluding hydrogens is 605 g/mol. The van der Waals surface area contributed by atoms with E-state index in [0.717, 1.165) is 34.7 Å². The summed E-state index contributed by atoms with van der Waals surface area (Å²) in [5.41, 5.74) is -2.75. The molecule has 0 radical (unpaired) electrons. The number of sulfonamides is 1. The lowest BCUT2D eigenvalue weighted by Crippen LogP contribution is -2.44. The smallest absolute Gasteiger partial charge is 0.293 e. The van der Waals surface area contributed by atoms with Crippen LogP contribution in [0.5, 0.6) is 0 Å². The van der Waals surface area contributed by atoms with Gasteiger partial charge < -0.3 is 10.1 Å². The summed E-state index contributed by atoms with van der Waals surface area (Å²) < 4.78 is 49.3. The molecular formula is C32H34FN3O6S2. The lowest BCUT2D eigenvalue weighted by atomic mass is 9.89. The Morgan fingerprint density at radius 2 is 1.66 bits per heavy atom.